The first kappa shape index (κ1) is 30.0. The minimum atomic E-state index is -5.08. The Morgan fingerprint density at radius 2 is 1.62 bits per heavy atom. The number of benzene rings is 2. The minimum absolute atomic E-state index is 0.311. The van der Waals surface area contributed by atoms with Crippen LogP contribution in [-0.2, 0) is 16.1 Å². The molecule has 1 unspecified atom stereocenters. The van der Waals surface area contributed by atoms with Gasteiger partial charge in [-0.3, -0.25) is 14.5 Å². The second-order valence-electron chi connectivity index (χ2n) is 9.68. The number of primary amides is 1. The number of carboxylic acids is 1. The number of aliphatic hydroxyl groups excluding tert-OH is 1. The molecule has 2 aliphatic rings. The lowest BCUT2D eigenvalue weighted by Gasteiger charge is -2.40. The van der Waals surface area contributed by atoms with E-state index in [4.69, 9.17) is 15.6 Å². The molecule has 0 saturated carbocycles. The van der Waals surface area contributed by atoms with Crippen LogP contribution in [0.25, 0.3) is 0 Å². The standard InChI is InChI=1S/C25H30FN3O3.C2HF3O2/c26-21-6-4-17(5-7-21)15-28(24(31)16-30)10-11-29-22-8-9-23(29)14-20(13-22)18-2-1-3-19(12-18)25(27)32;3-2(4,5)1(6)7/h1-7,12,20,22-23,30H,8-11,13-16H2,(H2,27,32);(H,6,7)/t20?,22-,23+;. The molecule has 4 N–H and O–H groups in total. The maximum absolute atomic E-state index is 13.2. The van der Waals surface area contributed by atoms with Crippen molar-refractivity contribution < 1.29 is 42.2 Å². The highest BCUT2D eigenvalue weighted by Gasteiger charge is 2.41. The highest BCUT2D eigenvalue weighted by Crippen LogP contribution is 2.43. The topological polar surface area (TPSA) is 124 Å². The van der Waals surface area contributed by atoms with Crippen molar-refractivity contribution >= 4 is 17.8 Å². The third kappa shape index (κ3) is 8.24. The van der Waals surface area contributed by atoms with E-state index in [1.807, 2.05) is 12.1 Å². The fourth-order valence-electron chi connectivity index (χ4n) is 5.30. The zero-order valence-corrected chi connectivity index (χ0v) is 21.1. The smallest absolute Gasteiger partial charge is 0.475 e. The van der Waals surface area contributed by atoms with Gasteiger partial charge in [0.25, 0.3) is 0 Å². The van der Waals surface area contributed by atoms with E-state index in [1.165, 1.54) is 17.7 Å². The summed E-state index contributed by atoms with van der Waals surface area (Å²) < 4.78 is 44.9. The van der Waals surface area contributed by atoms with Crippen molar-refractivity contribution in [2.24, 2.45) is 5.73 Å². The van der Waals surface area contributed by atoms with Crippen LogP contribution in [0.4, 0.5) is 17.6 Å². The summed E-state index contributed by atoms with van der Waals surface area (Å²) in [5.74, 6) is -3.39. The van der Waals surface area contributed by atoms with Crippen LogP contribution in [0.2, 0.25) is 0 Å². The largest absolute Gasteiger partial charge is 0.490 e. The van der Waals surface area contributed by atoms with Gasteiger partial charge in [-0.15, -0.1) is 0 Å². The monoisotopic (exact) mass is 553 g/mol. The number of aliphatic carboxylic acids is 1. The lowest BCUT2D eigenvalue weighted by molar-refractivity contribution is -0.192. The van der Waals surface area contributed by atoms with Crippen molar-refractivity contribution in [2.75, 3.05) is 19.7 Å². The Bertz CT molecular complexity index is 1140. The van der Waals surface area contributed by atoms with E-state index >= 15 is 0 Å². The molecule has 2 bridgehead atoms. The van der Waals surface area contributed by atoms with E-state index in [0.717, 1.165) is 37.8 Å². The van der Waals surface area contributed by atoms with Crippen molar-refractivity contribution in [2.45, 2.75) is 56.4 Å². The van der Waals surface area contributed by atoms with Gasteiger partial charge < -0.3 is 20.8 Å². The summed E-state index contributed by atoms with van der Waals surface area (Å²) in [6.45, 7) is 1.08. The number of carbonyl (C=O) groups excluding carboxylic acids is 2. The number of carbonyl (C=O) groups is 3. The Hall–Kier alpha value is -3.51. The summed E-state index contributed by atoms with van der Waals surface area (Å²) in [6, 6.07) is 14.6. The Labute approximate surface area is 223 Å². The lowest BCUT2D eigenvalue weighted by atomic mass is 9.84. The molecule has 3 atom stereocenters. The molecule has 39 heavy (non-hydrogen) atoms. The van der Waals surface area contributed by atoms with Crippen LogP contribution in [-0.4, -0.2) is 75.8 Å². The summed E-state index contributed by atoms with van der Waals surface area (Å²) >= 11 is 0. The van der Waals surface area contributed by atoms with E-state index in [1.54, 1.807) is 23.1 Å². The Balaban J connectivity index is 0.000000532. The van der Waals surface area contributed by atoms with Gasteiger partial charge in [0.15, 0.2) is 0 Å². The SMILES string of the molecule is NC(=O)c1cccc(C2C[C@H]3CC[C@@H](C2)N3CCN(Cc2ccc(F)cc2)C(=O)CO)c1.O=C(O)C(F)(F)F. The third-order valence-corrected chi connectivity index (χ3v) is 7.17. The number of nitrogens with zero attached hydrogens (tertiary/aromatic N) is 2. The maximum Gasteiger partial charge on any atom is 0.490 e. The van der Waals surface area contributed by atoms with Gasteiger partial charge in [-0.1, -0.05) is 24.3 Å². The van der Waals surface area contributed by atoms with Crippen LogP contribution in [0, 0.1) is 5.82 Å². The molecule has 0 aliphatic carbocycles. The number of aliphatic hydroxyl groups is 1. The number of piperidine rings is 1. The number of rotatable bonds is 8. The highest BCUT2D eigenvalue weighted by molar-refractivity contribution is 5.92. The van der Waals surface area contributed by atoms with Crippen molar-refractivity contribution in [1.82, 2.24) is 9.80 Å². The molecular formula is C27H31F4N3O5. The van der Waals surface area contributed by atoms with Crippen LogP contribution in [0.3, 0.4) is 0 Å². The molecule has 2 fully saturated rings. The van der Waals surface area contributed by atoms with Crippen LogP contribution < -0.4 is 5.73 Å². The van der Waals surface area contributed by atoms with Gasteiger partial charge in [-0.2, -0.15) is 13.2 Å². The fourth-order valence-corrected chi connectivity index (χ4v) is 5.30. The van der Waals surface area contributed by atoms with E-state index < -0.39 is 24.7 Å². The van der Waals surface area contributed by atoms with Gasteiger partial charge in [0, 0.05) is 37.3 Å². The van der Waals surface area contributed by atoms with Crippen molar-refractivity contribution in [1.29, 1.82) is 0 Å². The number of nitrogens with two attached hydrogens (primary N) is 1. The highest BCUT2D eigenvalue weighted by atomic mass is 19.4. The number of fused-ring (bicyclic) bond motifs is 2. The number of alkyl halides is 3. The minimum Gasteiger partial charge on any atom is -0.475 e. The average Bonchev–Trinajstić information content (AvgIpc) is 3.13. The zero-order valence-electron chi connectivity index (χ0n) is 21.1. The van der Waals surface area contributed by atoms with Gasteiger partial charge >= 0.3 is 12.1 Å². The van der Waals surface area contributed by atoms with Gasteiger partial charge in [-0.05, 0) is 67.0 Å². The first-order valence-corrected chi connectivity index (χ1v) is 12.5. The number of carboxylic acid groups (broad SMARTS) is 1. The first-order valence-electron chi connectivity index (χ1n) is 12.5. The molecule has 2 aromatic rings. The molecule has 8 nitrogen and oxygen atoms in total. The molecule has 0 spiro atoms. The molecule has 2 amide bonds. The summed E-state index contributed by atoms with van der Waals surface area (Å²) in [6.07, 6.45) is -0.791. The molecule has 0 aromatic heterocycles. The fraction of sp³-hybridized carbons (Fsp3) is 0.444. The molecule has 2 aromatic carbocycles. The van der Waals surface area contributed by atoms with E-state index in [9.17, 15) is 32.3 Å². The van der Waals surface area contributed by atoms with Crippen LogP contribution in [0.5, 0.6) is 0 Å². The molecule has 12 heteroatoms. The third-order valence-electron chi connectivity index (χ3n) is 7.17. The molecule has 212 valence electrons. The summed E-state index contributed by atoms with van der Waals surface area (Å²) in [5, 5.41) is 16.5. The Morgan fingerprint density at radius 1 is 1.03 bits per heavy atom. The van der Waals surface area contributed by atoms with Crippen LogP contribution >= 0.6 is 0 Å². The molecule has 0 radical (unpaired) electrons. The van der Waals surface area contributed by atoms with Gasteiger partial charge in [-0.25, -0.2) is 9.18 Å². The molecule has 2 heterocycles. The van der Waals surface area contributed by atoms with Crippen molar-refractivity contribution in [3.63, 3.8) is 0 Å². The Morgan fingerprint density at radius 3 is 2.13 bits per heavy atom. The van der Waals surface area contributed by atoms with Gasteiger partial charge in [0.2, 0.25) is 11.8 Å². The number of halogens is 4. The number of amides is 2. The van der Waals surface area contributed by atoms with Crippen molar-refractivity contribution in [3.8, 4) is 0 Å². The summed E-state index contributed by atoms with van der Waals surface area (Å²) in [7, 11) is 0. The zero-order chi connectivity index (χ0) is 28.7. The lowest BCUT2D eigenvalue weighted by Crippen LogP contribution is -2.47. The summed E-state index contributed by atoms with van der Waals surface area (Å²) in [5.41, 5.74) is 8.01. The van der Waals surface area contributed by atoms with E-state index in [0.29, 0.717) is 36.7 Å². The first-order chi connectivity index (χ1) is 18.4. The Kier molecular flexibility index (Phi) is 10.0. The van der Waals surface area contributed by atoms with Crippen LogP contribution in [0.15, 0.2) is 48.5 Å². The second-order valence-corrected chi connectivity index (χ2v) is 9.68. The molecule has 2 saturated heterocycles. The van der Waals surface area contributed by atoms with E-state index in [2.05, 4.69) is 11.0 Å². The van der Waals surface area contributed by atoms with Crippen LogP contribution in [0.1, 0.15) is 53.1 Å². The van der Waals surface area contributed by atoms with E-state index in [-0.39, 0.29) is 11.7 Å². The summed E-state index contributed by atoms with van der Waals surface area (Å²) in [4.78, 5) is 36.9. The predicted octanol–water partition coefficient (Wildman–Crippen LogP) is 3.29. The van der Waals surface area contributed by atoms with Crippen molar-refractivity contribution in [3.05, 3.63) is 71.0 Å². The quantitative estimate of drug-likeness (QED) is 0.431. The molecule has 4 rings (SSSR count). The maximum atomic E-state index is 13.2. The van der Waals surface area contributed by atoms with Gasteiger partial charge in [0.1, 0.15) is 12.4 Å². The van der Waals surface area contributed by atoms with Gasteiger partial charge in [0.05, 0.1) is 0 Å². The number of hydrogen-bond donors (Lipinski definition) is 3. The molecular weight excluding hydrogens is 522 g/mol. The number of hydrogen-bond acceptors (Lipinski definition) is 5. The normalized spacial score (nSPS) is 20.6. The second kappa shape index (κ2) is 13.0. The molecule has 2 aliphatic heterocycles. The average molecular weight is 554 g/mol. The predicted molar refractivity (Wildman–Crippen MR) is 133 cm³/mol.